The first-order valence-electron chi connectivity index (χ1n) is 9.48. The van der Waals surface area contributed by atoms with Crippen LogP contribution in [0.3, 0.4) is 0 Å². The zero-order valence-corrected chi connectivity index (χ0v) is 16.8. The molecule has 152 valence electrons. The highest BCUT2D eigenvalue weighted by Crippen LogP contribution is 2.33. The van der Waals surface area contributed by atoms with Gasteiger partial charge in [-0.25, -0.2) is 0 Å². The van der Waals surface area contributed by atoms with Gasteiger partial charge < -0.3 is 19.5 Å². The van der Waals surface area contributed by atoms with Gasteiger partial charge in [0.2, 0.25) is 6.10 Å². The number of para-hydroxylation sites is 2. The van der Waals surface area contributed by atoms with Gasteiger partial charge in [-0.15, -0.1) is 0 Å². The van der Waals surface area contributed by atoms with Gasteiger partial charge in [-0.05, 0) is 31.2 Å². The Morgan fingerprint density at radius 1 is 1.00 bits per heavy atom. The molecule has 1 atom stereocenters. The van der Waals surface area contributed by atoms with E-state index in [0.717, 1.165) is 0 Å². The number of methoxy groups -OCH3 is 1. The summed E-state index contributed by atoms with van der Waals surface area (Å²) in [6.45, 7) is 2.36. The monoisotopic (exact) mass is 402 g/mol. The first-order chi connectivity index (χ1) is 14.7. The molecule has 0 bridgehead atoms. The summed E-state index contributed by atoms with van der Waals surface area (Å²) in [5, 5.41) is 12.0. The molecule has 6 nitrogen and oxygen atoms in total. The van der Waals surface area contributed by atoms with Gasteiger partial charge in [-0.1, -0.05) is 42.5 Å². The van der Waals surface area contributed by atoms with Gasteiger partial charge in [0.15, 0.2) is 11.5 Å². The van der Waals surface area contributed by atoms with E-state index >= 15 is 0 Å². The second kappa shape index (κ2) is 9.99. The van der Waals surface area contributed by atoms with E-state index in [1.807, 2.05) is 49.4 Å². The SMILES string of the molecule is CCOc1ccccc1NC(=O)[C@@H](Oc1ccc(C#N)cc1OC)c1ccccc1. The van der Waals surface area contributed by atoms with Crippen molar-refractivity contribution >= 4 is 11.6 Å². The topological polar surface area (TPSA) is 80.6 Å². The quantitative estimate of drug-likeness (QED) is 0.589. The van der Waals surface area contributed by atoms with E-state index in [-0.39, 0.29) is 5.91 Å². The summed E-state index contributed by atoms with van der Waals surface area (Å²) in [6, 6.07) is 23.3. The lowest BCUT2D eigenvalue weighted by Crippen LogP contribution is -2.26. The van der Waals surface area contributed by atoms with E-state index in [1.54, 1.807) is 30.3 Å². The molecule has 0 aromatic heterocycles. The highest BCUT2D eigenvalue weighted by atomic mass is 16.5. The van der Waals surface area contributed by atoms with Gasteiger partial charge in [-0.3, -0.25) is 4.79 Å². The molecular formula is C24H22N2O4. The molecule has 3 aromatic rings. The van der Waals surface area contributed by atoms with Gasteiger partial charge in [0.05, 0.1) is 31.0 Å². The molecular weight excluding hydrogens is 380 g/mol. The largest absolute Gasteiger partial charge is 0.493 e. The third-order valence-corrected chi connectivity index (χ3v) is 4.32. The van der Waals surface area contributed by atoms with Crippen LogP contribution >= 0.6 is 0 Å². The van der Waals surface area contributed by atoms with Crippen molar-refractivity contribution in [2.24, 2.45) is 0 Å². The van der Waals surface area contributed by atoms with Gasteiger partial charge >= 0.3 is 0 Å². The van der Waals surface area contributed by atoms with E-state index in [1.165, 1.54) is 7.11 Å². The number of rotatable bonds is 8. The summed E-state index contributed by atoms with van der Waals surface area (Å²) in [5.74, 6) is 0.951. The molecule has 1 N–H and O–H groups in total. The Balaban J connectivity index is 1.93. The molecule has 0 saturated heterocycles. The number of carbonyl (C=O) groups is 1. The fourth-order valence-electron chi connectivity index (χ4n) is 2.91. The number of benzene rings is 3. The van der Waals surface area contributed by atoms with Gasteiger partial charge in [0.1, 0.15) is 5.75 Å². The second-order valence-electron chi connectivity index (χ2n) is 6.30. The highest BCUT2D eigenvalue weighted by molar-refractivity contribution is 5.96. The maximum Gasteiger partial charge on any atom is 0.270 e. The average Bonchev–Trinajstić information content (AvgIpc) is 2.79. The van der Waals surface area contributed by atoms with Crippen LogP contribution in [-0.4, -0.2) is 19.6 Å². The fraction of sp³-hybridized carbons (Fsp3) is 0.167. The van der Waals surface area contributed by atoms with Crippen LogP contribution in [0.15, 0.2) is 72.8 Å². The lowest BCUT2D eigenvalue weighted by molar-refractivity contribution is -0.123. The van der Waals surface area contributed by atoms with Crippen LogP contribution in [-0.2, 0) is 4.79 Å². The number of ether oxygens (including phenoxy) is 3. The molecule has 3 aromatic carbocycles. The van der Waals surface area contributed by atoms with Crippen LogP contribution in [0.1, 0.15) is 24.2 Å². The van der Waals surface area contributed by atoms with E-state index in [0.29, 0.717) is 40.7 Å². The predicted molar refractivity (Wildman–Crippen MR) is 114 cm³/mol. The molecule has 0 aliphatic rings. The maximum absolute atomic E-state index is 13.2. The lowest BCUT2D eigenvalue weighted by atomic mass is 10.1. The molecule has 6 heteroatoms. The fourth-order valence-corrected chi connectivity index (χ4v) is 2.91. The van der Waals surface area contributed by atoms with E-state index in [4.69, 9.17) is 19.5 Å². The summed E-state index contributed by atoms with van der Waals surface area (Å²) < 4.78 is 17.0. The molecule has 0 aliphatic heterocycles. The Labute approximate surface area is 175 Å². The number of nitrogens with one attached hydrogen (secondary N) is 1. The molecule has 0 unspecified atom stereocenters. The van der Waals surface area contributed by atoms with E-state index in [2.05, 4.69) is 11.4 Å². The van der Waals surface area contributed by atoms with Crippen LogP contribution in [0.5, 0.6) is 17.2 Å². The molecule has 0 radical (unpaired) electrons. The molecule has 3 rings (SSSR count). The van der Waals surface area contributed by atoms with Crippen LogP contribution in [0, 0.1) is 11.3 Å². The van der Waals surface area contributed by atoms with Crippen LogP contribution in [0.4, 0.5) is 5.69 Å². The molecule has 1 amide bonds. The Kier molecular flexibility index (Phi) is 6.91. The van der Waals surface area contributed by atoms with Crippen molar-refractivity contribution in [3.05, 3.63) is 83.9 Å². The molecule has 0 heterocycles. The van der Waals surface area contributed by atoms with Crippen molar-refractivity contribution in [2.75, 3.05) is 19.0 Å². The van der Waals surface area contributed by atoms with E-state index in [9.17, 15) is 4.79 Å². The van der Waals surface area contributed by atoms with Crippen molar-refractivity contribution in [3.8, 4) is 23.3 Å². The molecule has 0 spiro atoms. The summed E-state index contributed by atoms with van der Waals surface area (Å²) in [5.41, 5.74) is 1.67. The van der Waals surface area contributed by atoms with Crippen molar-refractivity contribution in [2.45, 2.75) is 13.0 Å². The minimum atomic E-state index is -0.942. The van der Waals surface area contributed by atoms with Gasteiger partial charge in [0.25, 0.3) is 5.91 Å². The van der Waals surface area contributed by atoms with Crippen LogP contribution in [0.25, 0.3) is 0 Å². The van der Waals surface area contributed by atoms with Gasteiger partial charge in [0, 0.05) is 11.6 Å². The van der Waals surface area contributed by atoms with Crippen molar-refractivity contribution in [1.29, 1.82) is 5.26 Å². The number of hydrogen-bond donors (Lipinski definition) is 1. The molecule has 0 saturated carbocycles. The minimum absolute atomic E-state index is 0.360. The smallest absolute Gasteiger partial charge is 0.270 e. The number of amides is 1. The Bertz CT molecular complexity index is 1040. The number of anilines is 1. The first-order valence-corrected chi connectivity index (χ1v) is 9.48. The minimum Gasteiger partial charge on any atom is -0.493 e. The average molecular weight is 402 g/mol. The number of nitrogens with zero attached hydrogens (tertiary/aromatic N) is 1. The van der Waals surface area contributed by atoms with Crippen molar-refractivity contribution in [1.82, 2.24) is 0 Å². The molecule has 30 heavy (non-hydrogen) atoms. The predicted octanol–water partition coefficient (Wildman–Crippen LogP) is 4.72. The van der Waals surface area contributed by atoms with Crippen LogP contribution in [0.2, 0.25) is 0 Å². The third-order valence-electron chi connectivity index (χ3n) is 4.32. The summed E-state index contributed by atoms with van der Waals surface area (Å²) in [7, 11) is 1.49. The number of hydrogen-bond acceptors (Lipinski definition) is 5. The summed E-state index contributed by atoms with van der Waals surface area (Å²) in [4.78, 5) is 13.2. The zero-order valence-electron chi connectivity index (χ0n) is 16.8. The van der Waals surface area contributed by atoms with Gasteiger partial charge in [-0.2, -0.15) is 5.26 Å². The Hall–Kier alpha value is -3.98. The standard InChI is InChI=1S/C24H22N2O4/c1-3-29-20-12-8-7-11-19(20)26-24(27)23(18-9-5-4-6-10-18)30-21-14-13-17(16-25)15-22(21)28-2/h4-15,23H,3H2,1-2H3,(H,26,27)/t23-/m0/s1. The first kappa shape index (κ1) is 20.7. The highest BCUT2D eigenvalue weighted by Gasteiger charge is 2.25. The number of carbonyl (C=O) groups excluding carboxylic acids is 1. The summed E-state index contributed by atoms with van der Waals surface area (Å²) >= 11 is 0. The lowest BCUT2D eigenvalue weighted by Gasteiger charge is -2.21. The normalized spacial score (nSPS) is 11.1. The third kappa shape index (κ3) is 4.89. The Morgan fingerprint density at radius 2 is 1.73 bits per heavy atom. The Morgan fingerprint density at radius 3 is 2.43 bits per heavy atom. The number of nitriles is 1. The maximum atomic E-state index is 13.2. The second-order valence-corrected chi connectivity index (χ2v) is 6.30. The van der Waals surface area contributed by atoms with Crippen molar-refractivity contribution < 1.29 is 19.0 Å². The zero-order chi connectivity index (χ0) is 21.3. The molecule has 0 aliphatic carbocycles. The molecule has 0 fully saturated rings. The van der Waals surface area contributed by atoms with Crippen molar-refractivity contribution in [3.63, 3.8) is 0 Å². The summed E-state index contributed by atoms with van der Waals surface area (Å²) in [6.07, 6.45) is -0.942. The van der Waals surface area contributed by atoms with E-state index < -0.39 is 6.10 Å². The van der Waals surface area contributed by atoms with Crippen LogP contribution < -0.4 is 19.5 Å².